The van der Waals surface area contributed by atoms with Crippen LogP contribution < -0.4 is 5.32 Å². The molecule has 2 rings (SSSR count). The summed E-state index contributed by atoms with van der Waals surface area (Å²) in [5.41, 5.74) is 1.75. The van der Waals surface area contributed by atoms with Gasteiger partial charge in [0, 0.05) is 5.38 Å². The zero-order valence-corrected chi connectivity index (χ0v) is 15.3. The second kappa shape index (κ2) is 9.44. The average molecular weight is 364 g/mol. The third-order valence-corrected chi connectivity index (χ3v) is 5.24. The molecule has 5 nitrogen and oxygen atoms in total. The molecule has 0 aliphatic heterocycles. The summed E-state index contributed by atoms with van der Waals surface area (Å²) in [5, 5.41) is 4.79. The highest BCUT2D eigenvalue weighted by molar-refractivity contribution is 8.01. The Bertz CT molecular complexity index is 673. The van der Waals surface area contributed by atoms with E-state index >= 15 is 0 Å². The van der Waals surface area contributed by atoms with Crippen molar-refractivity contribution in [3.63, 3.8) is 0 Å². The summed E-state index contributed by atoms with van der Waals surface area (Å²) in [6.07, 6.45) is 0.169. The Morgan fingerprint density at radius 2 is 2.08 bits per heavy atom. The van der Waals surface area contributed by atoms with Gasteiger partial charge in [-0.05, 0) is 19.4 Å². The minimum Gasteiger partial charge on any atom is -0.466 e. The molecule has 1 N–H and O–H groups in total. The largest absolute Gasteiger partial charge is 0.466 e. The van der Waals surface area contributed by atoms with Gasteiger partial charge in [0.25, 0.3) is 0 Å². The fourth-order valence-corrected chi connectivity index (χ4v) is 3.69. The standard InChI is InChI=1S/C17H20N2O3S2/c1-3-22-16(21)9-14-10-23-17(19-14)24-11-15(20)18-12(2)13-7-5-4-6-8-13/h4-8,10,12H,3,9,11H2,1-2H3,(H,18,20)/t12-/m1/s1. The lowest BCUT2D eigenvalue weighted by molar-refractivity contribution is -0.142. The SMILES string of the molecule is CCOC(=O)Cc1csc(SCC(=O)N[C@H](C)c2ccccc2)n1. The van der Waals surface area contributed by atoms with Crippen LogP contribution >= 0.6 is 23.1 Å². The highest BCUT2D eigenvalue weighted by atomic mass is 32.2. The lowest BCUT2D eigenvalue weighted by Gasteiger charge is -2.13. The van der Waals surface area contributed by atoms with Gasteiger partial charge >= 0.3 is 5.97 Å². The van der Waals surface area contributed by atoms with Gasteiger partial charge in [-0.2, -0.15) is 0 Å². The van der Waals surface area contributed by atoms with E-state index in [2.05, 4.69) is 10.3 Å². The molecule has 0 radical (unpaired) electrons. The number of thiazole rings is 1. The molecule has 0 fully saturated rings. The average Bonchev–Trinajstić information content (AvgIpc) is 3.01. The molecule has 128 valence electrons. The second-order valence-electron chi connectivity index (χ2n) is 5.08. The third kappa shape index (κ3) is 5.98. The van der Waals surface area contributed by atoms with Crippen molar-refractivity contribution in [1.82, 2.24) is 10.3 Å². The number of rotatable bonds is 8. The van der Waals surface area contributed by atoms with Crippen LogP contribution in [-0.4, -0.2) is 29.2 Å². The van der Waals surface area contributed by atoms with Gasteiger partial charge in [-0.3, -0.25) is 9.59 Å². The fraction of sp³-hybridized carbons (Fsp3) is 0.353. The summed E-state index contributed by atoms with van der Waals surface area (Å²) >= 11 is 2.80. The van der Waals surface area contributed by atoms with Crippen LogP contribution in [0.1, 0.15) is 31.1 Å². The highest BCUT2D eigenvalue weighted by Crippen LogP contribution is 2.23. The lowest BCUT2D eigenvalue weighted by Crippen LogP contribution is -2.28. The van der Waals surface area contributed by atoms with Gasteiger partial charge in [0.2, 0.25) is 5.91 Å². The van der Waals surface area contributed by atoms with Crippen LogP contribution in [0.2, 0.25) is 0 Å². The Balaban J connectivity index is 1.78. The van der Waals surface area contributed by atoms with E-state index in [4.69, 9.17) is 4.74 Å². The second-order valence-corrected chi connectivity index (χ2v) is 7.16. The minimum atomic E-state index is -0.284. The van der Waals surface area contributed by atoms with Gasteiger partial charge < -0.3 is 10.1 Å². The topological polar surface area (TPSA) is 68.3 Å². The maximum atomic E-state index is 12.0. The van der Waals surface area contributed by atoms with Crippen molar-refractivity contribution in [2.75, 3.05) is 12.4 Å². The quantitative estimate of drug-likeness (QED) is 0.575. The van der Waals surface area contributed by atoms with E-state index in [9.17, 15) is 9.59 Å². The van der Waals surface area contributed by atoms with Gasteiger partial charge in [-0.1, -0.05) is 42.1 Å². The summed E-state index contributed by atoms with van der Waals surface area (Å²) in [5.74, 6) is -0.0314. The molecule has 0 aliphatic carbocycles. The normalized spacial score (nSPS) is 11.8. The molecule has 0 bridgehead atoms. The van der Waals surface area contributed by atoms with Crippen LogP contribution in [0.15, 0.2) is 40.1 Å². The van der Waals surface area contributed by atoms with Crippen LogP contribution in [0.3, 0.4) is 0 Å². The molecule has 0 spiro atoms. The summed E-state index contributed by atoms with van der Waals surface area (Å²) < 4.78 is 5.67. The van der Waals surface area contributed by atoms with E-state index in [1.165, 1.54) is 23.1 Å². The highest BCUT2D eigenvalue weighted by Gasteiger charge is 2.12. The van der Waals surface area contributed by atoms with Crippen molar-refractivity contribution in [2.45, 2.75) is 30.6 Å². The Morgan fingerprint density at radius 1 is 1.33 bits per heavy atom. The fourth-order valence-electron chi connectivity index (χ4n) is 2.03. The van der Waals surface area contributed by atoms with E-state index in [0.29, 0.717) is 18.1 Å². The molecule has 1 atom stereocenters. The zero-order valence-electron chi connectivity index (χ0n) is 13.7. The molecule has 1 aromatic heterocycles. The first kappa shape index (κ1) is 18.5. The van der Waals surface area contributed by atoms with E-state index in [0.717, 1.165) is 9.90 Å². The van der Waals surface area contributed by atoms with Crippen LogP contribution in [0, 0.1) is 0 Å². The van der Waals surface area contributed by atoms with Crippen molar-refractivity contribution < 1.29 is 14.3 Å². The van der Waals surface area contributed by atoms with Crippen molar-refractivity contribution >= 4 is 35.0 Å². The Labute approximate surface area is 149 Å². The number of carbonyl (C=O) groups excluding carboxylic acids is 2. The van der Waals surface area contributed by atoms with Gasteiger partial charge in [-0.15, -0.1) is 11.3 Å². The van der Waals surface area contributed by atoms with Crippen molar-refractivity contribution in [2.24, 2.45) is 0 Å². The Hall–Kier alpha value is -1.86. The number of hydrogen-bond acceptors (Lipinski definition) is 6. The molecule has 1 heterocycles. The molecule has 1 amide bonds. The van der Waals surface area contributed by atoms with E-state index < -0.39 is 0 Å². The lowest BCUT2D eigenvalue weighted by atomic mass is 10.1. The van der Waals surface area contributed by atoms with Crippen molar-refractivity contribution in [1.29, 1.82) is 0 Å². The number of esters is 1. The van der Waals surface area contributed by atoms with E-state index in [-0.39, 0.29) is 24.3 Å². The maximum Gasteiger partial charge on any atom is 0.311 e. The monoisotopic (exact) mass is 364 g/mol. The van der Waals surface area contributed by atoms with Crippen LogP contribution in [0.5, 0.6) is 0 Å². The number of benzene rings is 1. The molecular formula is C17H20N2O3S2. The molecule has 0 aliphatic rings. The van der Waals surface area contributed by atoms with Crippen molar-refractivity contribution in [3.05, 3.63) is 47.0 Å². The molecule has 2 aromatic rings. The Morgan fingerprint density at radius 3 is 2.79 bits per heavy atom. The molecule has 1 aromatic carbocycles. The first-order chi connectivity index (χ1) is 11.6. The summed E-state index contributed by atoms with van der Waals surface area (Å²) in [7, 11) is 0. The Kier molecular flexibility index (Phi) is 7.27. The van der Waals surface area contributed by atoms with Gasteiger partial charge in [-0.25, -0.2) is 4.98 Å². The van der Waals surface area contributed by atoms with E-state index in [1.807, 2.05) is 42.6 Å². The summed E-state index contributed by atoms with van der Waals surface area (Å²) in [4.78, 5) is 27.8. The first-order valence-electron chi connectivity index (χ1n) is 7.65. The molecule has 0 saturated heterocycles. The third-order valence-electron chi connectivity index (χ3n) is 3.17. The number of thioether (sulfide) groups is 1. The van der Waals surface area contributed by atoms with Gasteiger partial charge in [0.1, 0.15) is 0 Å². The van der Waals surface area contributed by atoms with E-state index in [1.54, 1.807) is 6.92 Å². The number of hydrogen-bond donors (Lipinski definition) is 1. The zero-order chi connectivity index (χ0) is 17.4. The molecule has 0 saturated carbocycles. The molecule has 7 heteroatoms. The van der Waals surface area contributed by atoms with Gasteiger partial charge in [0.05, 0.1) is 30.5 Å². The minimum absolute atomic E-state index is 0.0324. The summed E-state index contributed by atoms with van der Waals surface area (Å²) in [6.45, 7) is 4.10. The smallest absolute Gasteiger partial charge is 0.311 e. The first-order valence-corrected chi connectivity index (χ1v) is 9.52. The summed E-state index contributed by atoms with van der Waals surface area (Å²) in [6, 6.07) is 9.79. The molecular weight excluding hydrogens is 344 g/mol. The predicted octanol–water partition coefficient (Wildman–Crippen LogP) is 3.22. The van der Waals surface area contributed by atoms with Crippen LogP contribution in [-0.2, 0) is 20.7 Å². The van der Waals surface area contributed by atoms with Crippen molar-refractivity contribution in [3.8, 4) is 0 Å². The molecule has 0 unspecified atom stereocenters. The number of aromatic nitrogens is 1. The molecule has 24 heavy (non-hydrogen) atoms. The number of ether oxygens (including phenoxy) is 1. The van der Waals surface area contributed by atoms with Crippen LogP contribution in [0.4, 0.5) is 0 Å². The number of nitrogens with zero attached hydrogens (tertiary/aromatic N) is 1. The van der Waals surface area contributed by atoms with Gasteiger partial charge in [0.15, 0.2) is 4.34 Å². The van der Waals surface area contributed by atoms with Crippen LogP contribution in [0.25, 0.3) is 0 Å². The number of carbonyl (C=O) groups is 2. The number of amides is 1. The number of nitrogens with one attached hydrogen (secondary N) is 1. The maximum absolute atomic E-state index is 12.0. The predicted molar refractivity (Wildman–Crippen MR) is 96.2 cm³/mol.